The van der Waals surface area contributed by atoms with Crippen molar-refractivity contribution in [3.05, 3.63) is 82.3 Å². The normalized spacial score (nSPS) is 10.6. The predicted octanol–water partition coefficient (Wildman–Crippen LogP) is 3.62. The highest BCUT2D eigenvalue weighted by Crippen LogP contribution is 2.23. The number of carbonyl (C=O) groups is 2. The van der Waals surface area contributed by atoms with Gasteiger partial charge in [-0.05, 0) is 49.4 Å². The first-order chi connectivity index (χ1) is 14.6. The molecule has 0 aliphatic carbocycles. The van der Waals surface area contributed by atoms with Gasteiger partial charge in [0, 0.05) is 22.4 Å². The van der Waals surface area contributed by atoms with Crippen LogP contribution in [0.25, 0.3) is 0 Å². The zero-order chi connectivity index (χ0) is 21.3. The molecule has 1 amide bonds. The Balaban J connectivity index is 1.71. The molecule has 3 rings (SSSR count). The second-order valence-corrected chi connectivity index (χ2v) is 6.73. The minimum Gasteiger partial charge on any atom is -0.494 e. The molecule has 0 aliphatic heterocycles. The Morgan fingerprint density at radius 3 is 2.67 bits per heavy atom. The molecular formula is C21H17BrN4O4. The van der Waals surface area contributed by atoms with Crippen molar-refractivity contribution in [3.63, 3.8) is 0 Å². The molecule has 1 heterocycles. The molecule has 1 aromatic heterocycles. The van der Waals surface area contributed by atoms with E-state index in [0.717, 1.165) is 4.47 Å². The number of amides is 1. The number of benzene rings is 2. The molecule has 0 radical (unpaired) electrons. The van der Waals surface area contributed by atoms with Crippen LogP contribution in [0.3, 0.4) is 0 Å². The van der Waals surface area contributed by atoms with Gasteiger partial charge in [0.05, 0.1) is 24.6 Å². The average Bonchev–Trinajstić information content (AvgIpc) is 2.76. The number of hydrogen-bond acceptors (Lipinski definition) is 7. The minimum absolute atomic E-state index is 0.131. The van der Waals surface area contributed by atoms with Crippen molar-refractivity contribution in [2.45, 2.75) is 6.92 Å². The molecule has 0 saturated heterocycles. The second-order valence-electron chi connectivity index (χ2n) is 5.82. The van der Waals surface area contributed by atoms with Crippen molar-refractivity contribution >= 4 is 34.0 Å². The summed E-state index contributed by atoms with van der Waals surface area (Å²) in [5.41, 5.74) is 3.35. The number of ether oxygens (including phenoxy) is 2. The lowest BCUT2D eigenvalue weighted by Crippen LogP contribution is -2.19. The standard InChI is InChI=1S/C21H17BrN4O4/c1-2-29-17-6-3-14(4-7-17)21(28)30-19-8-5-16(22)11-15(19)12-25-26-20(27)18-13-23-9-10-24-18/h3-13H,2H2,1H3,(H,26,27). The SMILES string of the molecule is CCOc1ccc(C(=O)Oc2ccc(Br)cc2C=NNC(=O)c2cnccn2)cc1. The lowest BCUT2D eigenvalue weighted by Gasteiger charge is -2.09. The highest BCUT2D eigenvalue weighted by molar-refractivity contribution is 9.10. The van der Waals surface area contributed by atoms with Crippen LogP contribution in [0.2, 0.25) is 0 Å². The summed E-state index contributed by atoms with van der Waals surface area (Å²) in [6.07, 6.45) is 5.58. The van der Waals surface area contributed by atoms with Gasteiger partial charge in [0.2, 0.25) is 0 Å². The van der Waals surface area contributed by atoms with Gasteiger partial charge in [0.15, 0.2) is 0 Å². The van der Waals surface area contributed by atoms with Gasteiger partial charge in [-0.25, -0.2) is 15.2 Å². The average molecular weight is 469 g/mol. The summed E-state index contributed by atoms with van der Waals surface area (Å²) in [4.78, 5) is 32.2. The van der Waals surface area contributed by atoms with E-state index in [0.29, 0.717) is 23.5 Å². The molecule has 0 unspecified atom stereocenters. The van der Waals surface area contributed by atoms with E-state index in [2.05, 4.69) is 36.4 Å². The Hall–Kier alpha value is -3.59. The highest BCUT2D eigenvalue weighted by atomic mass is 79.9. The van der Waals surface area contributed by atoms with Crippen molar-refractivity contribution in [2.24, 2.45) is 5.10 Å². The van der Waals surface area contributed by atoms with E-state index in [1.54, 1.807) is 42.5 Å². The summed E-state index contributed by atoms with van der Waals surface area (Å²) in [6.45, 7) is 2.42. The number of carbonyl (C=O) groups excluding carboxylic acids is 2. The van der Waals surface area contributed by atoms with Gasteiger partial charge < -0.3 is 9.47 Å². The van der Waals surface area contributed by atoms with E-state index in [1.165, 1.54) is 24.8 Å². The third-order valence-corrected chi connectivity index (χ3v) is 4.23. The van der Waals surface area contributed by atoms with Crippen LogP contribution in [0.5, 0.6) is 11.5 Å². The Labute approximate surface area is 181 Å². The molecule has 9 heteroatoms. The highest BCUT2D eigenvalue weighted by Gasteiger charge is 2.12. The third-order valence-electron chi connectivity index (χ3n) is 3.74. The van der Waals surface area contributed by atoms with Crippen LogP contribution in [0, 0.1) is 0 Å². The number of halogens is 1. The molecule has 0 saturated carbocycles. The number of rotatable bonds is 7. The van der Waals surface area contributed by atoms with E-state index in [-0.39, 0.29) is 11.4 Å². The molecule has 2 aromatic carbocycles. The summed E-state index contributed by atoms with van der Waals surface area (Å²) in [6, 6.07) is 11.7. The van der Waals surface area contributed by atoms with Gasteiger partial charge in [-0.3, -0.25) is 9.78 Å². The zero-order valence-corrected chi connectivity index (χ0v) is 17.5. The topological polar surface area (TPSA) is 103 Å². The number of hydrogen-bond donors (Lipinski definition) is 1. The van der Waals surface area contributed by atoms with Crippen molar-refractivity contribution in [1.82, 2.24) is 15.4 Å². The molecule has 0 aliphatic rings. The van der Waals surface area contributed by atoms with Gasteiger partial charge >= 0.3 is 5.97 Å². The van der Waals surface area contributed by atoms with Gasteiger partial charge in [-0.15, -0.1) is 0 Å². The van der Waals surface area contributed by atoms with Crippen molar-refractivity contribution < 1.29 is 19.1 Å². The second kappa shape index (κ2) is 10.3. The van der Waals surface area contributed by atoms with Crippen LogP contribution in [-0.2, 0) is 0 Å². The number of nitrogens with zero attached hydrogens (tertiary/aromatic N) is 3. The molecule has 0 atom stereocenters. The Morgan fingerprint density at radius 1 is 1.17 bits per heavy atom. The van der Waals surface area contributed by atoms with Gasteiger partial charge in [-0.1, -0.05) is 15.9 Å². The smallest absolute Gasteiger partial charge is 0.343 e. The van der Waals surface area contributed by atoms with E-state index in [4.69, 9.17) is 9.47 Å². The number of aromatic nitrogens is 2. The molecule has 3 aromatic rings. The van der Waals surface area contributed by atoms with Crippen LogP contribution >= 0.6 is 15.9 Å². The van der Waals surface area contributed by atoms with E-state index in [9.17, 15) is 9.59 Å². The van der Waals surface area contributed by atoms with Gasteiger partial charge in [0.1, 0.15) is 17.2 Å². The summed E-state index contributed by atoms with van der Waals surface area (Å²) >= 11 is 3.37. The van der Waals surface area contributed by atoms with E-state index < -0.39 is 11.9 Å². The summed E-state index contributed by atoms with van der Waals surface area (Å²) in [5, 5.41) is 3.91. The lowest BCUT2D eigenvalue weighted by atomic mass is 10.2. The molecule has 1 N–H and O–H groups in total. The predicted molar refractivity (Wildman–Crippen MR) is 114 cm³/mol. The van der Waals surface area contributed by atoms with Gasteiger partial charge in [-0.2, -0.15) is 5.10 Å². The first-order valence-corrected chi connectivity index (χ1v) is 9.70. The number of nitrogens with one attached hydrogen (secondary N) is 1. The maximum absolute atomic E-state index is 12.5. The number of esters is 1. The summed E-state index contributed by atoms with van der Waals surface area (Å²) in [7, 11) is 0. The number of hydrazone groups is 1. The zero-order valence-electron chi connectivity index (χ0n) is 15.9. The van der Waals surface area contributed by atoms with Crippen LogP contribution in [0.15, 0.2) is 70.6 Å². The van der Waals surface area contributed by atoms with Crippen molar-refractivity contribution in [3.8, 4) is 11.5 Å². The quantitative estimate of drug-likeness (QED) is 0.246. The van der Waals surface area contributed by atoms with Crippen LogP contribution in [0.4, 0.5) is 0 Å². The molecule has 8 nitrogen and oxygen atoms in total. The first-order valence-electron chi connectivity index (χ1n) is 8.91. The Bertz CT molecular complexity index is 1060. The Kier molecular flexibility index (Phi) is 7.23. The van der Waals surface area contributed by atoms with E-state index in [1.807, 2.05) is 6.92 Å². The largest absolute Gasteiger partial charge is 0.494 e. The summed E-state index contributed by atoms with van der Waals surface area (Å²) in [5.74, 6) is -0.0835. The van der Waals surface area contributed by atoms with Crippen molar-refractivity contribution in [2.75, 3.05) is 6.61 Å². The molecule has 0 spiro atoms. The van der Waals surface area contributed by atoms with Crippen molar-refractivity contribution in [1.29, 1.82) is 0 Å². The monoisotopic (exact) mass is 468 g/mol. The molecular weight excluding hydrogens is 452 g/mol. The van der Waals surface area contributed by atoms with Crippen LogP contribution in [0.1, 0.15) is 33.3 Å². The molecule has 30 heavy (non-hydrogen) atoms. The van der Waals surface area contributed by atoms with Crippen LogP contribution in [-0.4, -0.2) is 34.7 Å². The maximum atomic E-state index is 12.5. The van der Waals surface area contributed by atoms with Gasteiger partial charge in [0.25, 0.3) is 5.91 Å². The maximum Gasteiger partial charge on any atom is 0.343 e. The fourth-order valence-corrected chi connectivity index (χ4v) is 2.74. The van der Waals surface area contributed by atoms with Crippen LogP contribution < -0.4 is 14.9 Å². The fourth-order valence-electron chi connectivity index (χ4n) is 2.36. The molecule has 152 valence electrons. The molecule has 0 bridgehead atoms. The van der Waals surface area contributed by atoms with E-state index >= 15 is 0 Å². The molecule has 0 fully saturated rings. The first kappa shape index (κ1) is 21.1. The summed E-state index contributed by atoms with van der Waals surface area (Å²) < 4.78 is 11.6. The lowest BCUT2D eigenvalue weighted by molar-refractivity contribution is 0.0734. The third kappa shape index (κ3) is 5.71. The fraction of sp³-hybridized carbons (Fsp3) is 0.0952. The minimum atomic E-state index is -0.529. The Morgan fingerprint density at radius 2 is 1.97 bits per heavy atom.